The van der Waals surface area contributed by atoms with Gasteiger partial charge in [-0.05, 0) is 0 Å². The van der Waals surface area contributed by atoms with Gasteiger partial charge in [0, 0.05) is 0 Å². The van der Waals surface area contributed by atoms with Gasteiger partial charge in [0.15, 0.2) is 0 Å². The van der Waals surface area contributed by atoms with Gasteiger partial charge in [0.05, 0.1) is 0 Å². The molecule has 0 aliphatic carbocycles. The Hall–Kier alpha value is 0.492. The normalized spacial score (nSPS) is 22.7. The standard InChI is InChI=1S/C5H10.Al.H2N/c1-3-5-4-2;;/h1-5H2;;1H2/q;+1;-1. The fraction of sp³-hybridized carbons (Fsp3) is 1.00. The van der Waals surface area contributed by atoms with Crippen molar-refractivity contribution < 1.29 is 0 Å². The van der Waals surface area contributed by atoms with Crippen molar-refractivity contribution in [1.29, 1.82) is 0 Å². The van der Waals surface area contributed by atoms with Gasteiger partial charge >= 0.3 is 14.4 Å². The van der Waals surface area contributed by atoms with Crippen LogP contribution in [-0.4, -0.2) is 14.4 Å². The predicted molar refractivity (Wildman–Crippen MR) is 33.4 cm³/mol. The van der Waals surface area contributed by atoms with Crippen LogP contribution in [0.2, 0.25) is 10.6 Å². The summed E-state index contributed by atoms with van der Waals surface area (Å²) in [7, 11) is 0. The zero-order chi connectivity index (χ0) is 5.11. The maximum absolute atomic E-state index is 5.77. The highest BCUT2D eigenvalue weighted by atomic mass is 27.2. The van der Waals surface area contributed by atoms with E-state index in [1.54, 1.807) is 0 Å². The van der Waals surface area contributed by atoms with Gasteiger partial charge in [-0.1, -0.05) is 29.8 Å². The molecule has 0 atom stereocenters. The fourth-order valence-corrected chi connectivity index (χ4v) is 3.05. The van der Waals surface area contributed by atoms with Crippen molar-refractivity contribution in [3.05, 3.63) is 0 Å². The quantitative estimate of drug-likeness (QED) is 0.468. The molecule has 1 nitrogen and oxygen atoms in total. The van der Waals surface area contributed by atoms with Crippen LogP contribution in [0.1, 0.15) is 19.3 Å². The smallest absolute Gasteiger partial charge is 0.367 e. The molecule has 2 N–H and O–H groups in total. The van der Waals surface area contributed by atoms with Crippen molar-refractivity contribution in [3.63, 3.8) is 0 Å². The average molecular weight is 113 g/mol. The Labute approximate surface area is 49.5 Å². The summed E-state index contributed by atoms with van der Waals surface area (Å²) in [5, 5.41) is 2.81. The molecule has 7 heavy (non-hydrogen) atoms. The van der Waals surface area contributed by atoms with E-state index in [4.69, 9.17) is 4.72 Å². The molecule has 1 aliphatic rings. The molecule has 0 unspecified atom stereocenters. The minimum atomic E-state index is -0.595. The van der Waals surface area contributed by atoms with Crippen LogP contribution in [0.4, 0.5) is 0 Å². The number of hydrogen-bond donors (Lipinski definition) is 1. The Bertz CT molecular complexity index is 50.0. The van der Waals surface area contributed by atoms with Crippen LogP contribution in [0, 0.1) is 0 Å². The minimum Gasteiger partial charge on any atom is -0.413 e. The first kappa shape index (κ1) is 5.63. The molecular weight excluding hydrogens is 101 g/mol. The van der Waals surface area contributed by atoms with Gasteiger partial charge in [0.1, 0.15) is 0 Å². The average Bonchev–Trinajstić information content (AvgIpc) is 1.69. The Morgan fingerprint density at radius 2 is 1.57 bits per heavy atom. The van der Waals surface area contributed by atoms with E-state index in [-0.39, 0.29) is 0 Å². The lowest BCUT2D eigenvalue weighted by atomic mass is 10.3. The van der Waals surface area contributed by atoms with Crippen molar-refractivity contribution in [2.24, 2.45) is 4.72 Å². The minimum absolute atomic E-state index is 0.595. The third kappa shape index (κ3) is 1.82. The lowest BCUT2D eigenvalue weighted by molar-refractivity contribution is 0.722. The van der Waals surface area contributed by atoms with Crippen LogP contribution in [0.15, 0.2) is 0 Å². The first-order valence-corrected chi connectivity index (χ1v) is 5.45. The molecule has 0 aromatic heterocycles. The van der Waals surface area contributed by atoms with Gasteiger partial charge in [-0.3, -0.25) is 0 Å². The molecule has 0 saturated carbocycles. The molecule has 0 amide bonds. The van der Waals surface area contributed by atoms with E-state index < -0.39 is 14.4 Å². The Kier molecular flexibility index (Phi) is 2.18. The molecule has 0 radical (unpaired) electrons. The molecule has 0 spiro atoms. The van der Waals surface area contributed by atoms with Gasteiger partial charge < -0.3 is 4.72 Å². The van der Waals surface area contributed by atoms with Gasteiger partial charge in [0.2, 0.25) is 0 Å². The van der Waals surface area contributed by atoms with Crippen LogP contribution < -0.4 is 4.72 Å². The van der Waals surface area contributed by atoms with Crippen molar-refractivity contribution in [2.45, 2.75) is 29.8 Å². The van der Waals surface area contributed by atoms with Crippen molar-refractivity contribution in [3.8, 4) is 0 Å². The van der Waals surface area contributed by atoms with Crippen LogP contribution in [0.5, 0.6) is 0 Å². The summed E-state index contributed by atoms with van der Waals surface area (Å²) < 4.78 is 5.77. The molecule has 40 valence electrons. The molecule has 2 heteroatoms. The molecule has 0 aromatic carbocycles. The molecule has 1 saturated heterocycles. The molecule has 0 aromatic rings. The van der Waals surface area contributed by atoms with Gasteiger partial charge in [0.25, 0.3) is 0 Å². The third-order valence-electron chi connectivity index (χ3n) is 1.65. The summed E-state index contributed by atoms with van der Waals surface area (Å²) in [4.78, 5) is 0. The van der Waals surface area contributed by atoms with Gasteiger partial charge in [-0.2, -0.15) is 0 Å². The second-order valence-corrected chi connectivity index (χ2v) is 5.07. The summed E-state index contributed by atoms with van der Waals surface area (Å²) in [5.74, 6) is 0. The summed E-state index contributed by atoms with van der Waals surface area (Å²) >= 11 is -0.595. The topological polar surface area (TPSA) is 26.0 Å². The van der Waals surface area contributed by atoms with E-state index in [0.717, 1.165) is 0 Å². The van der Waals surface area contributed by atoms with E-state index in [9.17, 15) is 0 Å². The van der Waals surface area contributed by atoms with E-state index in [1.165, 1.54) is 29.8 Å². The van der Waals surface area contributed by atoms with Crippen LogP contribution >= 0.6 is 0 Å². The third-order valence-corrected chi connectivity index (χ3v) is 3.95. The first-order chi connectivity index (χ1) is 3.39. The Morgan fingerprint density at radius 1 is 1.00 bits per heavy atom. The van der Waals surface area contributed by atoms with Crippen molar-refractivity contribution >= 4 is 14.4 Å². The molecule has 0 bridgehead atoms. The number of hydrogen-bond acceptors (Lipinski definition) is 1. The van der Waals surface area contributed by atoms with E-state index in [0.29, 0.717) is 0 Å². The lowest BCUT2D eigenvalue weighted by Crippen LogP contribution is -2.26. The van der Waals surface area contributed by atoms with Gasteiger partial charge in [-0.25, -0.2) is 0 Å². The molecule has 1 fully saturated rings. The number of nitrogens with two attached hydrogens (primary N) is 1. The SMILES string of the molecule is [NH2][Al]1[CH2]CCC[CH2]1. The fourth-order valence-electron chi connectivity index (χ4n) is 1.13. The molecule has 1 rings (SSSR count). The Balaban J connectivity index is 2.12. The van der Waals surface area contributed by atoms with Crippen LogP contribution in [0.3, 0.4) is 0 Å². The van der Waals surface area contributed by atoms with E-state index >= 15 is 0 Å². The maximum Gasteiger partial charge on any atom is 0.367 e. The highest BCUT2D eigenvalue weighted by Gasteiger charge is 2.14. The van der Waals surface area contributed by atoms with E-state index in [2.05, 4.69) is 0 Å². The van der Waals surface area contributed by atoms with Crippen LogP contribution in [0.25, 0.3) is 0 Å². The van der Waals surface area contributed by atoms with Crippen molar-refractivity contribution in [2.75, 3.05) is 0 Å². The predicted octanol–water partition coefficient (Wildman–Crippen LogP) is 1.12. The summed E-state index contributed by atoms with van der Waals surface area (Å²) in [6.07, 6.45) is 4.29. The summed E-state index contributed by atoms with van der Waals surface area (Å²) in [6, 6.07) is 0. The second-order valence-electron chi connectivity index (χ2n) is 2.40. The molecule has 1 heterocycles. The zero-order valence-electron chi connectivity index (χ0n) is 4.69. The molecule has 1 aliphatic heterocycles. The highest BCUT2D eigenvalue weighted by Crippen LogP contribution is 2.14. The van der Waals surface area contributed by atoms with Gasteiger partial charge in [-0.15, -0.1) is 0 Å². The Morgan fingerprint density at radius 3 is 1.86 bits per heavy atom. The highest BCUT2D eigenvalue weighted by molar-refractivity contribution is 6.55. The molecular formula is C5H12AlN. The maximum atomic E-state index is 5.77. The summed E-state index contributed by atoms with van der Waals surface area (Å²) in [5.41, 5.74) is 0. The largest absolute Gasteiger partial charge is 0.413 e. The second kappa shape index (κ2) is 2.72. The zero-order valence-corrected chi connectivity index (χ0v) is 5.84. The monoisotopic (exact) mass is 113 g/mol. The van der Waals surface area contributed by atoms with Crippen LogP contribution in [-0.2, 0) is 0 Å². The lowest BCUT2D eigenvalue weighted by Gasteiger charge is -2.10. The van der Waals surface area contributed by atoms with E-state index in [1.807, 2.05) is 0 Å². The number of rotatable bonds is 0. The first-order valence-electron chi connectivity index (χ1n) is 3.15. The van der Waals surface area contributed by atoms with Crippen molar-refractivity contribution in [1.82, 2.24) is 0 Å². The summed E-state index contributed by atoms with van der Waals surface area (Å²) in [6.45, 7) is 0.